The fourth-order valence-corrected chi connectivity index (χ4v) is 1.65. The number of nitrogens with zero attached hydrogens (tertiary/aromatic N) is 3. The molecule has 0 aliphatic rings. The van der Waals surface area contributed by atoms with E-state index in [0.29, 0.717) is 17.6 Å². The molecule has 0 radical (unpaired) electrons. The molecule has 0 saturated carbocycles. The van der Waals surface area contributed by atoms with E-state index in [-0.39, 0.29) is 10.6 Å². The lowest BCUT2D eigenvalue weighted by Gasteiger charge is -2.11. The van der Waals surface area contributed by atoms with Gasteiger partial charge in [0.2, 0.25) is 11.8 Å². The van der Waals surface area contributed by atoms with Crippen molar-refractivity contribution < 1.29 is 14.6 Å². The fourth-order valence-electron chi connectivity index (χ4n) is 1.43. The number of aromatic carboxylic acids is 1. The monoisotopic (exact) mass is 293 g/mol. The molecule has 1 heterocycles. The first kappa shape index (κ1) is 14.1. The lowest BCUT2D eigenvalue weighted by molar-refractivity contribution is 0.0697. The Labute approximate surface area is 120 Å². The number of benzene rings is 1. The first-order valence-electron chi connectivity index (χ1n) is 5.68. The number of hydrogen-bond donors (Lipinski definition) is 1. The van der Waals surface area contributed by atoms with Gasteiger partial charge in [-0.25, -0.2) is 9.78 Å². The third-order valence-corrected chi connectivity index (χ3v) is 2.71. The maximum absolute atomic E-state index is 10.8. The summed E-state index contributed by atoms with van der Waals surface area (Å²) in [6.07, 6.45) is 1.57. The molecule has 1 N–H and O–H groups in total. The van der Waals surface area contributed by atoms with Crippen molar-refractivity contribution in [3.63, 3.8) is 0 Å². The van der Waals surface area contributed by atoms with E-state index in [1.807, 2.05) is 14.1 Å². The van der Waals surface area contributed by atoms with Gasteiger partial charge in [-0.2, -0.15) is 4.98 Å². The van der Waals surface area contributed by atoms with Gasteiger partial charge in [0.1, 0.15) is 5.75 Å². The minimum Gasteiger partial charge on any atom is -0.478 e. The zero-order chi connectivity index (χ0) is 14.7. The van der Waals surface area contributed by atoms with E-state index < -0.39 is 5.97 Å². The van der Waals surface area contributed by atoms with E-state index in [1.54, 1.807) is 17.2 Å². The Balaban J connectivity index is 2.26. The third-order valence-electron chi connectivity index (χ3n) is 2.41. The summed E-state index contributed by atoms with van der Waals surface area (Å²) in [4.78, 5) is 20.8. The molecule has 7 heteroatoms. The van der Waals surface area contributed by atoms with E-state index in [1.165, 1.54) is 18.2 Å². The first-order valence-corrected chi connectivity index (χ1v) is 6.06. The SMILES string of the molecule is CN(C)c1nccc(Oc2ccc(C(=O)O)cc2Cl)n1. The van der Waals surface area contributed by atoms with Gasteiger partial charge in [0.05, 0.1) is 10.6 Å². The van der Waals surface area contributed by atoms with Gasteiger partial charge in [-0.15, -0.1) is 0 Å². The van der Waals surface area contributed by atoms with Crippen molar-refractivity contribution in [2.45, 2.75) is 0 Å². The molecule has 1 aromatic heterocycles. The molecule has 0 unspecified atom stereocenters. The van der Waals surface area contributed by atoms with Crippen molar-refractivity contribution in [2.75, 3.05) is 19.0 Å². The van der Waals surface area contributed by atoms with Gasteiger partial charge >= 0.3 is 5.97 Å². The van der Waals surface area contributed by atoms with E-state index in [9.17, 15) is 4.79 Å². The summed E-state index contributed by atoms with van der Waals surface area (Å²) < 4.78 is 5.53. The van der Waals surface area contributed by atoms with E-state index in [4.69, 9.17) is 21.4 Å². The van der Waals surface area contributed by atoms with Crippen molar-refractivity contribution in [3.05, 3.63) is 41.0 Å². The normalized spacial score (nSPS) is 10.2. The Bertz CT molecular complexity index is 647. The minimum atomic E-state index is -1.05. The zero-order valence-corrected chi connectivity index (χ0v) is 11.6. The van der Waals surface area contributed by atoms with Crippen LogP contribution in [0.25, 0.3) is 0 Å². The highest BCUT2D eigenvalue weighted by atomic mass is 35.5. The average Bonchev–Trinajstić information content (AvgIpc) is 2.41. The van der Waals surface area contributed by atoms with Crippen LogP contribution in [0.4, 0.5) is 5.95 Å². The smallest absolute Gasteiger partial charge is 0.335 e. The molecule has 0 bridgehead atoms. The predicted molar refractivity (Wildman–Crippen MR) is 74.8 cm³/mol. The summed E-state index contributed by atoms with van der Waals surface area (Å²) in [5, 5.41) is 9.07. The van der Waals surface area contributed by atoms with Crippen LogP contribution < -0.4 is 9.64 Å². The Hall–Kier alpha value is -2.34. The Morgan fingerprint density at radius 3 is 2.70 bits per heavy atom. The number of rotatable bonds is 4. The van der Waals surface area contributed by atoms with Gasteiger partial charge in [0, 0.05) is 26.4 Å². The number of halogens is 1. The third kappa shape index (κ3) is 3.16. The van der Waals surface area contributed by atoms with Gasteiger partial charge < -0.3 is 14.7 Å². The molecule has 104 valence electrons. The summed E-state index contributed by atoms with van der Waals surface area (Å²) in [6.45, 7) is 0. The van der Waals surface area contributed by atoms with Gasteiger partial charge in [0.15, 0.2) is 0 Å². The van der Waals surface area contributed by atoms with Crippen molar-refractivity contribution in [3.8, 4) is 11.6 Å². The summed E-state index contributed by atoms with van der Waals surface area (Å²) in [5.74, 6) is 0.116. The van der Waals surface area contributed by atoms with Crippen LogP contribution in [0.2, 0.25) is 5.02 Å². The Kier molecular flexibility index (Phi) is 4.05. The molecule has 0 aliphatic carbocycles. The Morgan fingerprint density at radius 1 is 1.35 bits per heavy atom. The molecule has 6 nitrogen and oxygen atoms in total. The highest BCUT2D eigenvalue weighted by Crippen LogP contribution is 2.29. The van der Waals surface area contributed by atoms with E-state index in [0.717, 1.165) is 0 Å². The standard InChI is InChI=1S/C13H12ClN3O3/c1-17(2)13-15-6-5-11(16-13)20-10-4-3-8(12(18)19)7-9(10)14/h3-7H,1-2H3,(H,18,19). The van der Waals surface area contributed by atoms with Crippen LogP contribution in [0.3, 0.4) is 0 Å². The quantitative estimate of drug-likeness (QED) is 0.934. The van der Waals surface area contributed by atoms with Gasteiger partial charge in [-0.3, -0.25) is 0 Å². The molecule has 0 amide bonds. The predicted octanol–water partition coefficient (Wildman–Crippen LogP) is 2.69. The lowest BCUT2D eigenvalue weighted by atomic mass is 10.2. The number of aromatic nitrogens is 2. The second-order valence-electron chi connectivity index (χ2n) is 4.14. The molecule has 0 atom stereocenters. The molecule has 0 spiro atoms. The maximum atomic E-state index is 10.8. The summed E-state index contributed by atoms with van der Waals surface area (Å²) in [6, 6.07) is 5.82. The number of carboxylic acid groups (broad SMARTS) is 1. The molecular weight excluding hydrogens is 282 g/mol. The van der Waals surface area contributed by atoms with Crippen molar-refractivity contribution in [1.82, 2.24) is 9.97 Å². The first-order chi connectivity index (χ1) is 9.47. The lowest BCUT2D eigenvalue weighted by Crippen LogP contribution is -2.12. The molecule has 1 aromatic carbocycles. The molecule has 20 heavy (non-hydrogen) atoms. The van der Waals surface area contributed by atoms with Crippen molar-refractivity contribution in [2.24, 2.45) is 0 Å². The highest BCUT2D eigenvalue weighted by molar-refractivity contribution is 6.32. The van der Waals surface area contributed by atoms with Crippen LogP contribution in [0.5, 0.6) is 11.6 Å². The van der Waals surface area contributed by atoms with E-state index >= 15 is 0 Å². The van der Waals surface area contributed by atoms with Crippen LogP contribution in [-0.2, 0) is 0 Å². The van der Waals surface area contributed by atoms with Crippen LogP contribution in [0.15, 0.2) is 30.5 Å². The number of carbonyl (C=O) groups is 1. The Morgan fingerprint density at radius 2 is 2.10 bits per heavy atom. The topological polar surface area (TPSA) is 75.6 Å². The largest absolute Gasteiger partial charge is 0.478 e. The molecule has 0 fully saturated rings. The second-order valence-corrected chi connectivity index (χ2v) is 4.55. The molecule has 0 saturated heterocycles. The van der Waals surface area contributed by atoms with Crippen LogP contribution in [-0.4, -0.2) is 35.1 Å². The fraction of sp³-hybridized carbons (Fsp3) is 0.154. The molecule has 2 aromatic rings. The number of hydrogen-bond acceptors (Lipinski definition) is 5. The van der Waals surface area contributed by atoms with Crippen LogP contribution >= 0.6 is 11.6 Å². The summed E-state index contributed by atoms with van der Waals surface area (Å²) >= 11 is 5.98. The number of carboxylic acids is 1. The number of anilines is 1. The second kappa shape index (κ2) is 5.75. The van der Waals surface area contributed by atoms with Gasteiger partial charge in [-0.05, 0) is 18.2 Å². The van der Waals surface area contributed by atoms with Crippen LogP contribution in [0, 0.1) is 0 Å². The zero-order valence-electron chi connectivity index (χ0n) is 10.9. The summed E-state index contributed by atoms with van der Waals surface area (Å²) in [5.41, 5.74) is 0.0963. The van der Waals surface area contributed by atoms with Crippen molar-refractivity contribution in [1.29, 1.82) is 0 Å². The van der Waals surface area contributed by atoms with Gasteiger partial charge in [-0.1, -0.05) is 11.6 Å². The molecule has 2 rings (SSSR count). The van der Waals surface area contributed by atoms with Crippen molar-refractivity contribution >= 4 is 23.5 Å². The summed E-state index contributed by atoms with van der Waals surface area (Å²) in [7, 11) is 3.63. The highest BCUT2D eigenvalue weighted by Gasteiger charge is 2.10. The van der Waals surface area contributed by atoms with E-state index in [2.05, 4.69) is 9.97 Å². The van der Waals surface area contributed by atoms with Crippen LogP contribution in [0.1, 0.15) is 10.4 Å². The maximum Gasteiger partial charge on any atom is 0.335 e. The average molecular weight is 294 g/mol. The molecular formula is C13H12ClN3O3. The number of ether oxygens (including phenoxy) is 1. The van der Waals surface area contributed by atoms with Gasteiger partial charge in [0.25, 0.3) is 0 Å². The molecule has 0 aliphatic heterocycles. The minimum absolute atomic E-state index is 0.0963.